The number of amides is 1. The van der Waals surface area contributed by atoms with Crippen LogP contribution in [0.2, 0.25) is 5.02 Å². The molecule has 2 aliphatic rings. The molecule has 0 aromatic heterocycles. The molecule has 6 rings (SSSR count). The fourth-order valence-corrected chi connectivity index (χ4v) is 7.14. The van der Waals surface area contributed by atoms with Crippen LogP contribution >= 0.6 is 11.6 Å². The molecule has 4 aromatic rings. The minimum Gasteiger partial charge on any atom is -0.481 e. The van der Waals surface area contributed by atoms with Gasteiger partial charge in [0.25, 0.3) is 0 Å². The van der Waals surface area contributed by atoms with Crippen molar-refractivity contribution in [1.29, 1.82) is 0 Å². The second-order valence-corrected chi connectivity index (χ2v) is 14.0. The van der Waals surface area contributed by atoms with Crippen LogP contribution in [0.4, 0.5) is 0 Å². The molecule has 0 aliphatic carbocycles. The van der Waals surface area contributed by atoms with E-state index in [1.807, 2.05) is 97.1 Å². The van der Waals surface area contributed by atoms with E-state index in [0.29, 0.717) is 24.4 Å². The van der Waals surface area contributed by atoms with Gasteiger partial charge in [-0.15, -0.1) is 0 Å². The van der Waals surface area contributed by atoms with E-state index in [1.54, 1.807) is 0 Å². The van der Waals surface area contributed by atoms with Gasteiger partial charge in [0.15, 0.2) is 6.29 Å². The molecule has 2 saturated heterocycles. The van der Waals surface area contributed by atoms with E-state index >= 15 is 0 Å². The number of hydrogen-bond donors (Lipinski definition) is 4. The lowest BCUT2D eigenvalue weighted by atomic mass is 9.84. The zero-order valence-electron chi connectivity index (χ0n) is 28.7. The van der Waals surface area contributed by atoms with Crippen LogP contribution in [0.1, 0.15) is 72.8 Å². The Bertz CT molecular complexity index is 1770. The summed E-state index contributed by atoms with van der Waals surface area (Å²) in [5.74, 6) is -1.28. The number of halogens is 1. The number of aliphatic carboxylic acids is 1. The molecule has 1 amide bonds. The summed E-state index contributed by atoms with van der Waals surface area (Å²) in [6.07, 6.45) is -0.0837. The maximum atomic E-state index is 12.2. The summed E-state index contributed by atoms with van der Waals surface area (Å²) in [7, 11) is 0. The third-order valence-electron chi connectivity index (χ3n) is 10.2. The number of rotatable bonds is 12. The average molecular weight is 713 g/mol. The molecule has 0 radical (unpaired) electrons. The van der Waals surface area contributed by atoms with Gasteiger partial charge in [0.05, 0.1) is 30.8 Å². The number of nitrogens with zero attached hydrogens (tertiary/aromatic N) is 1. The molecule has 9 nitrogen and oxygen atoms in total. The maximum Gasteiger partial charge on any atom is 0.303 e. The lowest BCUT2D eigenvalue weighted by Gasteiger charge is -2.45. The van der Waals surface area contributed by atoms with Gasteiger partial charge in [0.1, 0.15) is 0 Å². The number of carboxylic acid groups (broad SMARTS) is 1. The van der Waals surface area contributed by atoms with Gasteiger partial charge < -0.3 is 35.0 Å². The fourth-order valence-electron chi connectivity index (χ4n) is 7.02. The summed E-state index contributed by atoms with van der Waals surface area (Å²) < 4.78 is 13.4. The second kappa shape index (κ2) is 16.5. The predicted molar refractivity (Wildman–Crippen MR) is 195 cm³/mol. The number of carbonyl (C=O) groups is 2. The first-order chi connectivity index (χ1) is 24.6. The topological polar surface area (TPSA) is 129 Å². The number of ether oxygens (including phenoxy) is 2. The number of hydrogen-bond acceptors (Lipinski definition) is 7. The molecule has 2 heterocycles. The van der Waals surface area contributed by atoms with E-state index < -0.39 is 17.9 Å². The summed E-state index contributed by atoms with van der Waals surface area (Å²) >= 11 is 6.10. The van der Waals surface area contributed by atoms with Gasteiger partial charge in [0, 0.05) is 49.1 Å². The largest absolute Gasteiger partial charge is 0.481 e. The monoisotopic (exact) mass is 712 g/mol. The number of benzene rings is 4. The number of aliphatic hydroxyl groups excluding tert-OH is 1. The highest BCUT2D eigenvalue weighted by molar-refractivity contribution is 6.30. The highest BCUT2D eigenvalue weighted by Gasteiger charge is 2.41. The number of aliphatic hydroxyl groups is 2. The van der Waals surface area contributed by atoms with Crippen LogP contribution in [0.25, 0.3) is 11.1 Å². The van der Waals surface area contributed by atoms with Crippen molar-refractivity contribution >= 4 is 23.5 Å². The molecule has 2 fully saturated rings. The van der Waals surface area contributed by atoms with Crippen molar-refractivity contribution in [3.63, 3.8) is 0 Å². The lowest BCUT2D eigenvalue weighted by molar-refractivity contribution is -0.277. The van der Waals surface area contributed by atoms with Crippen molar-refractivity contribution in [2.75, 3.05) is 19.6 Å². The van der Waals surface area contributed by atoms with Gasteiger partial charge in [-0.25, -0.2) is 0 Å². The van der Waals surface area contributed by atoms with Crippen molar-refractivity contribution in [3.05, 3.63) is 130 Å². The Morgan fingerprint density at radius 1 is 0.882 bits per heavy atom. The van der Waals surface area contributed by atoms with Crippen molar-refractivity contribution in [1.82, 2.24) is 10.2 Å². The summed E-state index contributed by atoms with van der Waals surface area (Å²) in [5, 5.41) is 33.5. The molecule has 51 heavy (non-hydrogen) atoms. The van der Waals surface area contributed by atoms with Gasteiger partial charge in [-0.3, -0.25) is 9.59 Å². The zero-order chi connectivity index (χ0) is 36.0. The number of piperidine rings is 1. The Kier molecular flexibility index (Phi) is 11.9. The predicted octanol–water partition coefficient (Wildman–Crippen LogP) is 6.76. The Balaban J connectivity index is 1.18. The summed E-state index contributed by atoms with van der Waals surface area (Å²) in [4.78, 5) is 25.4. The van der Waals surface area contributed by atoms with Crippen molar-refractivity contribution in [3.8, 4) is 11.1 Å². The standard InChI is InChI=1S/C41H45ClN2O7/c1-27-36(25-44-22-20-41(49,21-23-44)33-14-16-34(42)17-15-33)50-40(51-39(27)30-8-6-28(26-45)7-9-30)31-12-10-29(11-13-31)35-5-3-2-4-32(35)24-43-37(46)18-19-38(47)48/h2-17,27,36,39-40,45,49H,18-26H2,1H3,(H,43,46)(H,47,48). The Labute approximate surface area is 303 Å². The molecule has 0 spiro atoms. The summed E-state index contributed by atoms with van der Waals surface area (Å²) in [5.41, 5.74) is 5.58. The Morgan fingerprint density at radius 3 is 2.22 bits per heavy atom. The Hall–Kier alpha value is -4.09. The number of carboxylic acids is 1. The van der Waals surface area contributed by atoms with Crippen LogP contribution in [-0.4, -0.2) is 57.8 Å². The van der Waals surface area contributed by atoms with E-state index in [2.05, 4.69) is 17.1 Å². The zero-order valence-corrected chi connectivity index (χ0v) is 29.5. The van der Waals surface area contributed by atoms with Gasteiger partial charge in [0.2, 0.25) is 5.91 Å². The van der Waals surface area contributed by atoms with E-state index in [-0.39, 0.29) is 50.0 Å². The third kappa shape index (κ3) is 9.05. The summed E-state index contributed by atoms with van der Waals surface area (Å²) in [6.45, 7) is 4.55. The molecule has 10 heteroatoms. The first-order valence-corrected chi connectivity index (χ1v) is 17.9. The quantitative estimate of drug-likeness (QED) is 0.127. The molecule has 4 unspecified atom stereocenters. The van der Waals surface area contributed by atoms with Crippen LogP contribution in [0.15, 0.2) is 97.1 Å². The molecule has 0 bridgehead atoms. The van der Waals surface area contributed by atoms with E-state index in [0.717, 1.165) is 52.0 Å². The van der Waals surface area contributed by atoms with Crippen LogP contribution in [0, 0.1) is 5.92 Å². The molecule has 4 aromatic carbocycles. The normalized spacial score (nSPS) is 22.0. The highest BCUT2D eigenvalue weighted by Crippen LogP contribution is 2.43. The molecule has 2 aliphatic heterocycles. The molecular formula is C41H45ClN2O7. The molecule has 268 valence electrons. The first-order valence-electron chi connectivity index (χ1n) is 17.5. The van der Waals surface area contributed by atoms with Gasteiger partial charge in [-0.1, -0.05) is 103 Å². The van der Waals surface area contributed by atoms with Crippen molar-refractivity contribution in [2.45, 2.75) is 69.9 Å². The molecule has 0 saturated carbocycles. The number of likely N-dealkylation sites (tertiary alicyclic amines) is 1. The summed E-state index contributed by atoms with van der Waals surface area (Å²) in [6, 6.07) is 31.2. The van der Waals surface area contributed by atoms with Gasteiger partial charge >= 0.3 is 5.97 Å². The minimum absolute atomic E-state index is 0.0233. The highest BCUT2D eigenvalue weighted by atomic mass is 35.5. The SMILES string of the molecule is CC1C(CN2CCC(O)(c3ccc(Cl)cc3)CC2)OC(c2ccc(-c3ccccc3CNC(=O)CCC(=O)O)cc2)OC1c1ccc(CO)cc1. The first kappa shape index (κ1) is 36.7. The Morgan fingerprint density at radius 2 is 1.55 bits per heavy atom. The van der Waals surface area contributed by atoms with Crippen LogP contribution in [-0.2, 0) is 37.8 Å². The fraction of sp³-hybridized carbons (Fsp3) is 0.366. The average Bonchev–Trinajstić information content (AvgIpc) is 3.15. The maximum absolute atomic E-state index is 12.2. The third-order valence-corrected chi connectivity index (χ3v) is 10.4. The molecule has 4 atom stereocenters. The van der Waals surface area contributed by atoms with Crippen molar-refractivity contribution in [2.24, 2.45) is 5.92 Å². The minimum atomic E-state index is -1.00. The molecule has 4 N–H and O–H groups in total. The van der Waals surface area contributed by atoms with Crippen molar-refractivity contribution < 1.29 is 34.4 Å². The van der Waals surface area contributed by atoms with Gasteiger partial charge in [-0.2, -0.15) is 0 Å². The van der Waals surface area contributed by atoms with E-state index in [9.17, 15) is 19.8 Å². The second-order valence-electron chi connectivity index (χ2n) is 13.6. The molecular weight excluding hydrogens is 668 g/mol. The number of carbonyl (C=O) groups excluding carboxylic acids is 1. The van der Waals surface area contributed by atoms with E-state index in [1.165, 1.54) is 0 Å². The number of nitrogens with one attached hydrogen (secondary N) is 1. The van der Waals surface area contributed by atoms with Crippen LogP contribution in [0.3, 0.4) is 0 Å². The van der Waals surface area contributed by atoms with Crippen LogP contribution in [0.5, 0.6) is 0 Å². The van der Waals surface area contributed by atoms with E-state index in [4.69, 9.17) is 26.2 Å². The van der Waals surface area contributed by atoms with Crippen LogP contribution < -0.4 is 5.32 Å². The smallest absolute Gasteiger partial charge is 0.303 e. The lowest BCUT2D eigenvalue weighted by Crippen LogP contribution is -2.49. The van der Waals surface area contributed by atoms with Gasteiger partial charge in [-0.05, 0) is 58.4 Å².